The third-order valence-electron chi connectivity index (χ3n) is 6.22. The molecule has 3 aromatic heterocycles. The minimum Gasteiger partial charge on any atom is -0.444 e. The summed E-state index contributed by atoms with van der Waals surface area (Å²) in [6.45, 7) is 6.81. The maximum absolute atomic E-state index is 14.0. The summed E-state index contributed by atoms with van der Waals surface area (Å²) in [4.78, 5) is 21.6. The van der Waals surface area contributed by atoms with Crippen molar-refractivity contribution in [1.82, 2.24) is 24.6 Å². The Morgan fingerprint density at radius 1 is 1.08 bits per heavy atom. The third kappa shape index (κ3) is 5.48. The van der Waals surface area contributed by atoms with Gasteiger partial charge in [-0.3, -0.25) is 4.68 Å². The molecule has 0 saturated carbocycles. The van der Waals surface area contributed by atoms with Gasteiger partial charge in [0, 0.05) is 48.2 Å². The van der Waals surface area contributed by atoms with Crippen LogP contribution < -0.4 is 0 Å². The molecule has 0 unspecified atom stereocenters. The Morgan fingerprint density at radius 2 is 1.84 bits per heavy atom. The third-order valence-corrected chi connectivity index (χ3v) is 6.22. The molecule has 0 aliphatic carbocycles. The molecule has 0 radical (unpaired) electrons. The number of H-pyrrole nitrogens is 1. The quantitative estimate of drug-likeness (QED) is 0.357. The number of hydrogen-bond acceptors (Lipinski definition) is 4. The lowest BCUT2D eigenvalue weighted by Crippen LogP contribution is -2.42. The van der Waals surface area contributed by atoms with Crippen molar-refractivity contribution in [2.45, 2.75) is 45.3 Å². The maximum atomic E-state index is 14.0. The average molecular weight is 504 g/mol. The van der Waals surface area contributed by atoms with Crippen molar-refractivity contribution in [2.24, 2.45) is 0 Å². The number of rotatable bonds is 2. The van der Waals surface area contributed by atoms with E-state index >= 15 is 0 Å². The summed E-state index contributed by atoms with van der Waals surface area (Å²) >= 11 is 0. The number of carbonyl (C=O) groups is 1. The summed E-state index contributed by atoms with van der Waals surface area (Å²) in [6, 6.07) is 5.34. The number of aromatic amines is 1. The van der Waals surface area contributed by atoms with Gasteiger partial charge in [0.2, 0.25) is 0 Å². The zero-order chi connectivity index (χ0) is 26.2. The zero-order valence-electron chi connectivity index (χ0n) is 20.9. The average Bonchev–Trinajstić information content (AvgIpc) is 3.51. The van der Waals surface area contributed by atoms with Crippen LogP contribution in [-0.4, -0.2) is 49.4 Å². The van der Waals surface area contributed by atoms with E-state index in [0.717, 1.165) is 47.6 Å². The van der Waals surface area contributed by atoms with Crippen LogP contribution in [0, 0.1) is 23.5 Å². The van der Waals surface area contributed by atoms with Crippen LogP contribution in [0.1, 0.15) is 50.8 Å². The molecule has 5 rings (SSSR count). The highest BCUT2D eigenvalue weighted by molar-refractivity contribution is 5.87. The van der Waals surface area contributed by atoms with E-state index in [1.54, 1.807) is 23.5 Å². The van der Waals surface area contributed by atoms with Gasteiger partial charge in [-0.15, -0.1) is 0 Å². The number of likely N-dealkylation sites (tertiary alicyclic amines) is 1. The number of piperidine rings is 1. The van der Waals surface area contributed by atoms with Crippen LogP contribution in [0.4, 0.5) is 13.6 Å². The molecule has 0 bridgehead atoms. The standard InChI is InChI=1S/C28H27F2N5O2/c1-28(2,3)37-27(36)34-10-8-23(9-11-34)35-17-21(16-33-35)20-13-24-19(14-31-26(24)32-15-20)5-4-18-12-22(29)6-7-25(18)30/h6-7,12-17,23H,8-11H2,1-3H3,(H,31,32). The van der Waals surface area contributed by atoms with Crippen LogP contribution in [-0.2, 0) is 4.74 Å². The molecule has 1 N–H and O–H groups in total. The van der Waals surface area contributed by atoms with Crippen LogP contribution >= 0.6 is 0 Å². The van der Waals surface area contributed by atoms with Crippen LogP contribution in [0.3, 0.4) is 0 Å². The SMILES string of the molecule is CC(C)(C)OC(=O)N1CCC(n2cc(-c3cnc4[nH]cc(C#Cc5cc(F)ccc5F)c4c3)cn2)CC1. The van der Waals surface area contributed by atoms with E-state index in [-0.39, 0.29) is 17.7 Å². The Balaban J connectivity index is 1.32. The van der Waals surface area contributed by atoms with Crippen molar-refractivity contribution in [3.63, 3.8) is 0 Å². The second-order valence-corrected chi connectivity index (χ2v) is 10.1. The molecule has 0 spiro atoms. The smallest absolute Gasteiger partial charge is 0.410 e. The van der Waals surface area contributed by atoms with Crippen LogP contribution in [0.15, 0.2) is 49.1 Å². The van der Waals surface area contributed by atoms with Gasteiger partial charge in [-0.05, 0) is 57.9 Å². The van der Waals surface area contributed by atoms with Crippen molar-refractivity contribution < 1.29 is 18.3 Å². The summed E-state index contributed by atoms with van der Waals surface area (Å²) in [6.07, 6.45) is 8.52. The van der Waals surface area contributed by atoms with Gasteiger partial charge >= 0.3 is 6.09 Å². The molecule has 1 amide bonds. The lowest BCUT2D eigenvalue weighted by molar-refractivity contribution is 0.0185. The molecule has 0 atom stereocenters. The number of amides is 1. The van der Waals surface area contributed by atoms with E-state index in [1.165, 1.54) is 0 Å². The van der Waals surface area contributed by atoms with E-state index in [4.69, 9.17) is 4.74 Å². The summed E-state index contributed by atoms with van der Waals surface area (Å²) in [5.41, 5.74) is 2.53. The summed E-state index contributed by atoms with van der Waals surface area (Å²) in [5, 5.41) is 5.35. The largest absolute Gasteiger partial charge is 0.444 e. The van der Waals surface area contributed by atoms with E-state index < -0.39 is 17.2 Å². The number of hydrogen-bond donors (Lipinski definition) is 1. The first-order valence-electron chi connectivity index (χ1n) is 12.1. The molecule has 1 aromatic carbocycles. The summed E-state index contributed by atoms with van der Waals surface area (Å²) in [7, 11) is 0. The van der Waals surface area contributed by atoms with E-state index in [9.17, 15) is 13.6 Å². The molecule has 7 nitrogen and oxygen atoms in total. The highest BCUT2D eigenvalue weighted by atomic mass is 19.1. The molecule has 1 saturated heterocycles. The van der Waals surface area contributed by atoms with Gasteiger partial charge in [-0.2, -0.15) is 5.10 Å². The number of benzene rings is 1. The van der Waals surface area contributed by atoms with Crippen LogP contribution in [0.2, 0.25) is 0 Å². The van der Waals surface area contributed by atoms with Crippen LogP contribution in [0.5, 0.6) is 0 Å². The van der Waals surface area contributed by atoms with Gasteiger partial charge in [0.05, 0.1) is 23.4 Å². The van der Waals surface area contributed by atoms with Gasteiger partial charge in [-0.25, -0.2) is 18.6 Å². The number of halogens is 2. The number of carbonyl (C=O) groups excluding carboxylic acids is 1. The monoisotopic (exact) mass is 503 g/mol. The van der Waals surface area contributed by atoms with Gasteiger partial charge < -0.3 is 14.6 Å². The van der Waals surface area contributed by atoms with Crippen molar-refractivity contribution in [2.75, 3.05) is 13.1 Å². The topological polar surface area (TPSA) is 76.0 Å². The Hall–Kier alpha value is -4.19. The van der Waals surface area contributed by atoms with Crippen molar-refractivity contribution in [3.8, 4) is 23.0 Å². The van der Waals surface area contributed by atoms with E-state index in [0.29, 0.717) is 24.3 Å². The van der Waals surface area contributed by atoms with Gasteiger partial charge in [0.25, 0.3) is 0 Å². The first-order valence-corrected chi connectivity index (χ1v) is 12.1. The first-order chi connectivity index (χ1) is 17.7. The molecule has 190 valence electrons. The van der Waals surface area contributed by atoms with Gasteiger partial charge in [0.1, 0.15) is 22.9 Å². The number of fused-ring (bicyclic) bond motifs is 1. The minimum atomic E-state index is -0.572. The predicted molar refractivity (Wildman–Crippen MR) is 136 cm³/mol. The van der Waals surface area contributed by atoms with Crippen molar-refractivity contribution in [3.05, 3.63) is 71.8 Å². The molecular weight excluding hydrogens is 476 g/mol. The normalized spacial score (nSPS) is 14.5. The number of nitrogens with zero attached hydrogens (tertiary/aromatic N) is 4. The minimum absolute atomic E-state index is 0.00236. The predicted octanol–water partition coefficient (Wildman–Crippen LogP) is 5.68. The summed E-state index contributed by atoms with van der Waals surface area (Å²) < 4.78 is 34.9. The number of pyridine rings is 1. The van der Waals surface area contributed by atoms with Gasteiger partial charge in [0.15, 0.2) is 0 Å². The molecule has 9 heteroatoms. The molecule has 37 heavy (non-hydrogen) atoms. The van der Waals surface area contributed by atoms with Crippen LogP contribution in [0.25, 0.3) is 22.2 Å². The fraction of sp³-hybridized carbons (Fsp3) is 0.321. The lowest BCUT2D eigenvalue weighted by atomic mass is 10.1. The molecule has 4 heterocycles. The molecule has 1 fully saturated rings. The van der Waals surface area contributed by atoms with Crippen molar-refractivity contribution in [1.29, 1.82) is 0 Å². The van der Waals surface area contributed by atoms with Gasteiger partial charge in [-0.1, -0.05) is 11.8 Å². The Kier molecular flexibility index (Phi) is 6.42. The number of nitrogens with one attached hydrogen (secondary N) is 1. The Labute approximate surface area is 213 Å². The molecule has 4 aromatic rings. The van der Waals surface area contributed by atoms with E-state index in [2.05, 4.69) is 26.9 Å². The lowest BCUT2D eigenvalue weighted by Gasteiger charge is -2.33. The fourth-order valence-electron chi connectivity index (χ4n) is 4.32. The number of aromatic nitrogens is 4. The Bertz CT molecular complexity index is 1510. The molecule has 1 aliphatic heterocycles. The Morgan fingerprint density at radius 3 is 2.59 bits per heavy atom. The summed E-state index contributed by atoms with van der Waals surface area (Å²) in [5.74, 6) is 4.52. The zero-order valence-corrected chi connectivity index (χ0v) is 20.9. The van der Waals surface area contributed by atoms with E-state index in [1.807, 2.05) is 37.7 Å². The number of ether oxygens (including phenoxy) is 1. The van der Waals surface area contributed by atoms with Crippen molar-refractivity contribution >= 4 is 17.1 Å². The molecule has 1 aliphatic rings. The highest BCUT2D eigenvalue weighted by Gasteiger charge is 2.28. The second-order valence-electron chi connectivity index (χ2n) is 10.1. The second kappa shape index (κ2) is 9.69. The fourth-order valence-corrected chi connectivity index (χ4v) is 4.32. The molecular formula is C28H27F2N5O2. The highest BCUT2D eigenvalue weighted by Crippen LogP contribution is 2.28. The first kappa shape index (κ1) is 24.5. The maximum Gasteiger partial charge on any atom is 0.410 e.